The topological polar surface area (TPSA) is 82.0 Å². The number of hydrogen-bond acceptors (Lipinski definition) is 5. The lowest BCUT2D eigenvalue weighted by Gasteiger charge is -2.26. The molecule has 0 saturated heterocycles. The first-order valence-electron chi connectivity index (χ1n) is 8.74. The van der Waals surface area contributed by atoms with E-state index in [1.54, 1.807) is 11.3 Å². The van der Waals surface area contributed by atoms with E-state index < -0.39 is 0 Å². The van der Waals surface area contributed by atoms with E-state index in [2.05, 4.69) is 5.32 Å². The summed E-state index contributed by atoms with van der Waals surface area (Å²) < 4.78 is 3.21. The number of nitrogens with two attached hydrogens (primary N) is 1. The highest BCUT2D eigenvalue weighted by Gasteiger charge is 2.23. The third-order valence-electron chi connectivity index (χ3n) is 4.98. The van der Waals surface area contributed by atoms with Crippen LogP contribution in [0.4, 0.5) is 0 Å². The zero-order valence-electron chi connectivity index (χ0n) is 14.4. The Bertz CT molecular complexity index is 845. The number of nitrogens with one attached hydrogen (secondary N) is 1. The molecule has 0 spiro atoms. The van der Waals surface area contributed by atoms with Crippen LogP contribution in [0.3, 0.4) is 0 Å². The lowest BCUT2D eigenvalue weighted by atomic mass is 9.85. The van der Waals surface area contributed by atoms with Gasteiger partial charge in [0.1, 0.15) is 4.83 Å². The summed E-state index contributed by atoms with van der Waals surface area (Å²) in [6.07, 6.45) is 3.59. The van der Waals surface area contributed by atoms with Gasteiger partial charge in [0, 0.05) is 37.6 Å². The minimum absolute atomic E-state index is 0.152. The van der Waals surface area contributed by atoms with Crippen molar-refractivity contribution < 1.29 is 0 Å². The van der Waals surface area contributed by atoms with Crippen molar-refractivity contribution in [2.45, 2.75) is 52.7 Å². The molecule has 0 aliphatic heterocycles. The molecule has 132 valence electrons. The van der Waals surface area contributed by atoms with Gasteiger partial charge in [-0.3, -0.25) is 13.9 Å². The van der Waals surface area contributed by atoms with Crippen molar-refractivity contribution in [3.63, 3.8) is 0 Å². The van der Waals surface area contributed by atoms with Gasteiger partial charge in [0.2, 0.25) is 0 Å². The number of aryl methyl sites for hydroxylation is 1. The molecular weight excluding hydrogens is 324 g/mol. The molecule has 1 aliphatic carbocycles. The summed E-state index contributed by atoms with van der Waals surface area (Å²) in [5.74, 6) is 0.565. The van der Waals surface area contributed by atoms with E-state index in [1.165, 1.54) is 23.8 Å². The average Bonchev–Trinajstić information content (AvgIpc) is 2.83. The monoisotopic (exact) mass is 350 g/mol. The van der Waals surface area contributed by atoms with E-state index in [-0.39, 0.29) is 11.2 Å². The van der Waals surface area contributed by atoms with Crippen molar-refractivity contribution in [2.24, 2.45) is 11.7 Å². The number of aromatic nitrogens is 2. The fourth-order valence-corrected chi connectivity index (χ4v) is 4.55. The molecule has 3 rings (SSSR count). The van der Waals surface area contributed by atoms with E-state index in [1.807, 2.05) is 18.4 Å². The van der Waals surface area contributed by atoms with Crippen LogP contribution in [-0.4, -0.2) is 22.2 Å². The highest BCUT2D eigenvalue weighted by Crippen LogP contribution is 2.31. The average molecular weight is 350 g/mol. The normalized spacial score (nSPS) is 15.1. The summed E-state index contributed by atoms with van der Waals surface area (Å²) in [6.45, 7) is 6.98. The fraction of sp³-hybridized carbons (Fsp3) is 0.647. The summed E-state index contributed by atoms with van der Waals surface area (Å²) in [6, 6.07) is 0. The molecule has 0 unspecified atom stereocenters. The van der Waals surface area contributed by atoms with Gasteiger partial charge in [-0.25, -0.2) is 4.79 Å². The number of hydrogen-bond donors (Lipinski definition) is 2. The highest BCUT2D eigenvalue weighted by atomic mass is 32.1. The van der Waals surface area contributed by atoms with Gasteiger partial charge in [-0.05, 0) is 38.2 Å². The molecule has 2 heterocycles. The second kappa shape index (κ2) is 7.21. The molecule has 1 fully saturated rings. The Morgan fingerprint density at radius 3 is 2.62 bits per heavy atom. The van der Waals surface area contributed by atoms with Crippen molar-refractivity contribution in [1.29, 1.82) is 0 Å². The molecule has 2 aromatic heterocycles. The minimum atomic E-state index is -0.162. The summed E-state index contributed by atoms with van der Waals surface area (Å²) in [4.78, 5) is 27.5. The second-order valence-electron chi connectivity index (χ2n) is 6.54. The van der Waals surface area contributed by atoms with Gasteiger partial charge < -0.3 is 11.1 Å². The van der Waals surface area contributed by atoms with E-state index in [0.29, 0.717) is 30.9 Å². The standard InChI is InChI=1S/C17H26N4O2S/c1-3-20-15(22)14-11(2)13(9-19-8-7-18)24-16(14)21(17(20)23)10-12-5-4-6-12/h12,19H,3-10,18H2,1-2H3. The molecule has 0 radical (unpaired) electrons. The van der Waals surface area contributed by atoms with E-state index in [9.17, 15) is 9.59 Å². The molecule has 0 aromatic carbocycles. The molecule has 1 saturated carbocycles. The van der Waals surface area contributed by atoms with Crippen LogP contribution in [0.2, 0.25) is 0 Å². The largest absolute Gasteiger partial charge is 0.332 e. The summed E-state index contributed by atoms with van der Waals surface area (Å²) in [5.41, 5.74) is 6.21. The maximum atomic E-state index is 12.8. The quantitative estimate of drug-likeness (QED) is 0.740. The molecule has 7 heteroatoms. The Hall–Kier alpha value is -1.44. The molecule has 3 N–H and O–H groups in total. The van der Waals surface area contributed by atoms with E-state index >= 15 is 0 Å². The van der Waals surface area contributed by atoms with Gasteiger partial charge in [0.05, 0.1) is 5.39 Å². The Morgan fingerprint density at radius 2 is 2.04 bits per heavy atom. The Balaban J connectivity index is 2.14. The maximum absolute atomic E-state index is 12.8. The predicted octanol–water partition coefficient (Wildman–Crippen LogP) is 1.40. The van der Waals surface area contributed by atoms with Crippen LogP contribution in [0.15, 0.2) is 9.59 Å². The number of fused-ring (bicyclic) bond motifs is 1. The van der Waals surface area contributed by atoms with E-state index in [4.69, 9.17) is 5.73 Å². The Morgan fingerprint density at radius 1 is 1.29 bits per heavy atom. The molecule has 6 nitrogen and oxygen atoms in total. The summed E-state index contributed by atoms with van der Waals surface area (Å²) in [7, 11) is 0. The molecular formula is C17H26N4O2S. The smallest absolute Gasteiger partial charge is 0.329 e. The van der Waals surface area contributed by atoms with Gasteiger partial charge in [0.15, 0.2) is 0 Å². The Kier molecular flexibility index (Phi) is 5.22. The van der Waals surface area contributed by atoms with Crippen LogP contribution >= 0.6 is 11.3 Å². The number of nitrogens with zero attached hydrogens (tertiary/aromatic N) is 2. The van der Waals surface area contributed by atoms with Crippen molar-refractivity contribution in [1.82, 2.24) is 14.5 Å². The van der Waals surface area contributed by atoms with Gasteiger partial charge in [-0.2, -0.15) is 0 Å². The minimum Gasteiger partial charge on any atom is -0.329 e. The van der Waals surface area contributed by atoms with Crippen LogP contribution < -0.4 is 22.3 Å². The van der Waals surface area contributed by atoms with Gasteiger partial charge in [0.25, 0.3) is 5.56 Å². The zero-order chi connectivity index (χ0) is 17.3. The highest BCUT2D eigenvalue weighted by molar-refractivity contribution is 7.18. The first kappa shape index (κ1) is 17.4. The second-order valence-corrected chi connectivity index (χ2v) is 7.62. The fourth-order valence-electron chi connectivity index (χ4n) is 3.29. The molecule has 24 heavy (non-hydrogen) atoms. The SMILES string of the molecule is CCn1c(=O)c2c(C)c(CNCCN)sc2n(CC2CCC2)c1=O. The zero-order valence-corrected chi connectivity index (χ0v) is 15.2. The van der Waals surface area contributed by atoms with Gasteiger partial charge in [-0.15, -0.1) is 11.3 Å². The lowest BCUT2D eigenvalue weighted by molar-refractivity contribution is 0.274. The van der Waals surface area contributed by atoms with Crippen LogP contribution in [0.1, 0.15) is 36.6 Å². The van der Waals surface area contributed by atoms with Crippen LogP contribution in [0.25, 0.3) is 10.2 Å². The third kappa shape index (κ3) is 2.96. The van der Waals surface area contributed by atoms with Crippen molar-refractivity contribution in [3.05, 3.63) is 31.3 Å². The molecule has 1 aliphatic rings. The van der Waals surface area contributed by atoms with Crippen LogP contribution in [-0.2, 0) is 19.6 Å². The summed E-state index contributed by atoms with van der Waals surface area (Å²) in [5, 5.41) is 4.00. The van der Waals surface area contributed by atoms with Crippen molar-refractivity contribution in [2.75, 3.05) is 13.1 Å². The maximum Gasteiger partial charge on any atom is 0.332 e. The molecule has 2 aromatic rings. The predicted molar refractivity (Wildman–Crippen MR) is 98.9 cm³/mol. The van der Waals surface area contributed by atoms with Crippen molar-refractivity contribution >= 4 is 21.6 Å². The summed E-state index contributed by atoms with van der Waals surface area (Å²) >= 11 is 1.57. The number of thiophene rings is 1. The third-order valence-corrected chi connectivity index (χ3v) is 6.30. The van der Waals surface area contributed by atoms with Gasteiger partial charge >= 0.3 is 5.69 Å². The molecule has 0 bridgehead atoms. The van der Waals surface area contributed by atoms with Crippen LogP contribution in [0, 0.1) is 12.8 Å². The number of rotatable bonds is 7. The lowest BCUT2D eigenvalue weighted by Crippen LogP contribution is -2.40. The van der Waals surface area contributed by atoms with Crippen LogP contribution in [0.5, 0.6) is 0 Å². The van der Waals surface area contributed by atoms with Gasteiger partial charge in [-0.1, -0.05) is 6.42 Å². The Labute approximate surface area is 145 Å². The molecule has 0 atom stereocenters. The van der Waals surface area contributed by atoms with Crippen molar-refractivity contribution in [3.8, 4) is 0 Å². The molecule has 0 amide bonds. The van der Waals surface area contributed by atoms with E-state index in [0.717, 1.165) is 28.4 Å². The first-order chi connectivity index (χ1) is 11.6. The first-order valence-corrected chi connectivity index (χ1v) is 9.56.